The molecule has 0 aliphatic rings. The smallest absolute Gasteiger partial charge is 0.143 e. The van der Waals surface area contributed by atoms with Crippen molar-refractivity contribution in [2.45, 2.75) is 0 Å². The molecule has 200 valence electrons. The van der Waals surface area contributed by atoms with Gasteiger partial charge < -0.3 is 4.42 Å². The van der Waals surface area contributed by atoms with E-state index in [4.69, 9.17) is 9.40 Å². The minimum absolute atomic E-state index is 0.909. The van der Waals surface area contributed by atoms with E-state index < -0.39 is 0 Å². The molecule has 0 fully saturated rings. The first-order valence-corrected chi connectivity index (χ1v) is 14.6. The molecule has 0 unspecified atom stereocenters. The predicted octanol–water partition coefficient (Wildman–Crippen LogP) is 11.4. The quantitative estimate of drug-likeness (QED) is 0.206. The molecule has 2 nitrogen and oxygen atoms in total. The van der Waals surface area contributed by atoms with Gasteiger partial charge in [-0.15, -0.1) is 0 Å². The van der Waals surface area contributed by atoms with E-state index in [1.54, 1.807) is 0 Å². The molecule has 0 saturated carbocycles. The van der Waals surface area contributed by atoms with Gasteiger partial charge in [-0.3, -0.25) is 0 Å². The molecule has 9 aromatic rings. The van der Waals surface area contributed by atoms with Crippen molar-refractivity contribution in [3.63, 3.8) is 0 Å². The second kappa shape index (κ2) is 9.40. The van der Waals surface area contributed by atoms with Crippen LogP contribution >= 0.6 is 0 Å². The average molecular weight is 548 g/mol. The average Bonchev–Trinajstić information content (AvgIpc) is 3.47. The fourth-order valence-electron chi connectivity index (χ4n) is 6.60. The van der Waals surface area contributed by atoms with Gasteiger partial charge >= 0.3 is 0 Å². The lowest BCUT2D eigenvalue weighted by Crippen LogP contribution is -1.90. The summed E-state index contributed by atoms with van der Waals surface area (Å²) in [4.78, 5) is 5.33. The Bertz CT molecular complexity index is 2510. The summed E-state index contributed by atoms with van der Waals surface area (Å²) in [5.74, 6) is 0. The van der Waals surface area contributed by atoms with Gasteiger partial charge in [0.2, 0.25) is 0 Å². The molecule has 0 atom stereocenters. The fourth-order valence-corrected chi connectivity index (χ4v) is 6.60. The maximum atomic E-state index is 6.36. The maximum Gasteiger partial charge on any atom is 0.143 e. The number of furan rings is 1. The van der Waals surface area contributed by atoms with Crippen LogP contribution in [0.1, 0.15) is 0 Å². The molecule has 2 aromatic heterocycles. The van der Waals surface area contributed by atoms with Crippen molar-refractivity contribution in [3.8, 4) is 33.5 Å². The molecule has 2 heteroatoms. The predicted molar refractivity (Wildman–Crippen MR) is 180 cm³/mol. The molecule has 0 N–H and O–H groups in total. The highest BCUT2D eigenvalue weighted by molar-refractivity contribution is 6.25. The summed E-state index contributed by atoms with van der Waals surface area (Å²) >= 11 is 0. The Morgan fingerprint density at radius 3 is 1.91 bits per heavy atom. The Morgan fingerprint density at radius 1 is 0.372 bits per heavy atom. The van der Waals surface area contributed by atoms with Crippen molar-refractivity contribution in [1.29, 1.82) is 0 Å². The first-order chi connectivity index (χ1) is 21.3. The summed E-state index contributed by atoms with van der Waals surface area (Å²) in [6, 6.07) is 53.7. The Hall–Kier alpha value is -5.73. The molecule has 0 aliphatic carbocycles. The second-order valence-corrected chi connectivity index (χ2v) is 11.1. The molecule has 7 aromatic carbocycles. The minimum atomic E-state index is 0.909. The highest BCUT2D eigenvalue weighted by Crippen LogP contribution is 2.39. The Morgan fingerprint density at radius 2 is 1.02 bits per heavy atom. The molecule has 43 heavy (non-hydrogen) atoms. The number of hydrogen-bond acceptors (Lipinski definition) is 2. The van der Waals surface area contributed by atoms with Gasteiger partial charge in [0.1, 0.15) is 11.2 Å². The standard InChI is InChI=1S/C41H25NO/c1-2-10-26(11-3-1)27-20-21-35-37(25-27)32-15-5-4-14-31(32)34-22-23-38(42-40(34)35)29-13-8-12-28(24-29)30-17-9-18-36-33-16-6-7-19-39(33)43-41(30)36/h1-25H. The van der Waals surface area contributed by atoms with Gasteiger partial charge in [0.15, 0.2) is 0 Å². The molecular weight excluding hydrogens is 522 g/mol. The lowest BCUT2D eigenvalue weighted by molar-refractivity contribution is 0.670. The Labute approximate surface area is 248 Å². The Kier molecular flexibility index (Phi) is 5.23. The van der Waals surface area contributed by atoms with Crippen molar-refractivity contribution < 1.29 is 4.42 Å². The van der Waals surface area contributed by atoms with E-state index in [0.717, 1.165) is 49.8 Å². The van der Waals surface area contributed by atoms with Gasteiger partial charge in [-0.05, 0) is 63.2 Å². The Balaban J connectivity index is 1.24. The topological polar surface area (TPSA) is 26.0 Å². The number of benzene rings is 7. The van der Waals surface area contributed by atoms with E-state index >= 15 is 0 Å². The van der Waals surface area contributed by atoms with Gasteiger partial charge in [-0.2, -0.15) is 0 Å². The van der Waals surface area contributed by atoms with Gasteiger partial charge in [0.05, 0.1) is 11.2 Å². The van der Waals surface area contributed by atoms with Crippen molar-refractivity contribution in [3.05, 3.63) is 152 Å². The summed E-state index contributed by atoms with van der Waals surface area (Å²) in [6.07, 6.45) is 0. The van der Waals surface area contributed by atoms with Crippen molar-refractivity contribution in [2.24, 2.45) is 0 Å². The molecule has 0 amide bonds. The van der Waals surface area contributed by atoms with Crippen LogP contribution in [0.3, 0.4) is 0 Å². The highest BCUT2D eigenvalue weighted by Gasteiger charge is 2.15. The van der Waals surface area contributed by atoms with Crippen LogP contribution < -0.4 is 0 Å². The summed E-state index contributed by atoms with van der Waals surface area (Å²) in [6.45, 7) is 0. The van der Waals surface area contributed by atoms with Gasteiger partial charge in [-0.25, -0.2) is 4.98 Å². The number of aromatic nitrogens is 1. The number of pyridine rings is 1. The molecule has 0 radical (unpaired) electrons. The van der Waals surface area contributed by atoms with E-state index in [1.165, 1.54) is 38.1 Å². The van der Waals surface area contributed by atoms with Gasteiger partial charge in [-0.1, -0.05) is 121 Å². The molecule has 0 saturated heterocycles. The third-order valence-corrected chi connectivity index (χ3v) is 8.66. The maximum absolute atomic E-state index is 6.36. The third-order valence-electron chi connectivity index (χ3n) is 8.66. The van der Waals surface area contributed by atoms with Crippen LogP contribution in [-0.2, 0) is 0 Å². The number of rotatable bonds is 3. The van der Waals surface area contributed by atoms with Crippen molar-refractivity contribution in [1.82, 2.24) is 4.98 Å². The zero-order valence-corrected chi connectivity index (χ0v) is 23.3. The van der Waals surface area contributed by atoms with Crippen LogP contribution in [0.15, 0.2) is 156 Å². The molecule has 0 spiro atoms. The van der Waals surface area contributed by atoms with Crippen LogP contribution in [-0.4, -0.2) is 4.98 Å². The highest BCUT2D eigenvalue weighted by atomic mass is 16.3. The summed E-state index contributed by atoms with van der Waals surface area (Å²) in [5.41, 5.74) is 9.50. The first-order valence-electron chi connectivity index (χ1n) is 14.6. The molecule has 9 rings (SSSR count). The van der Waals surface area contributed by atoms with Crippen LogP contribution in [0.2, 0.25) is 0 Å². The summed E-state index contributed by atoms with van der Waals surface area (Å²) < 4.78 is 6.36. The van der Waals surface area contributed by atoms with Gasteiger partial charge in [0, 0.05) is 32.7 Å². The van der Waals surface area contributed by atoms with E-state index in [-0.39, 0.29) is 0 Å². The number of hydrogen-bond donors (Lipinski definition) is 0. The molecule has 2 heterocycles. The molecule has 0 aliphatic heterocycles. The second-order valence-electron chi connectivity index (χ2n) is 11.1. The largest absolute Gasteiger partial charge is 0.455 e. The zero-order valence-electron chi connectivity index (χ0n) is 23.3. The van der Waals surface area contributed by atoms with E-state index in [0.29, 0.717) is 0 Å². The minimum Gasteiger partial charge on any atom is -0.455 e. The third kappa shape index (κ3) is 3.77. The number of para-hydroxylation sites is 2. The zero-order chi connectivity index (χ0) is 28.3. The lowest BCUT2D eigenvalue weighted by atomic mass is 9.93. The fraction of sp³-hybridized carbons (Fsp3) is 0. The van der Waals surface area contributed by atoms with Crippen LogP contribution in [0.25, 0.3) is 87.9 Å². The lowest BCUT2D eigenvalue weighted by Gasteiger charge is -2.13. The van der Waals surface area contributed by atoms with Crippen LogP contribution in [0.5, 0.6) is 0 Å². The monoisotopic (exact) mass is 547 g/mol. The van der Waals surface area contributed by atoms with Crippen LogP contribution in [0, 0.1) is 0 Å². The van der Waals surface area contributed by atoms with E-state index in [1.807, 2.05) is 12.1 Å². The van der Waals surface area contributed by atoms with Crippen LogP contribution in [0.4, 0.5) is 0 Å². The number of nitrogens with zero attached hydrogens (tertiary/aromatic N) is 1. The molecular formula is C41H25NO. The summed E-state index contributed by atoms with van der Waals surface area (Å²) in [5, 5.41) is 8.30. The van der Waals surface area contributed by atoms with Gasteiger partial charge in [0.25, 0.3) is 0 Å². The normalized spacial score (nSPS) is 11.7. The van der Waals surface area contributed by atoms with Crippen molar-refractivity contribution >= 4 is 54.4 Å². The molecule has 0 bridgehead atoms. The number of fused-ring (bicyclic) bond motifs is 9. The van der Waals surface area contributed by atoms with E-state index in [2.05, 4.69) is 140 Å². The van der Waals surface area contributed by atoms with Crippen molar-refractivity contribution in [2.75, 3.05) is 0 Å². The first kappa shape index (κ1) is 23.9. The van der Waals surface area contributed by atoms with E-state index in [9.17, 15) is 0 Å². The summed E-state index contributed by atoms with van der Waals surface area (Å²) in [7, 11) is 0. The SMILES string of the molecule is c1ccc(-c2ccc3c(c2)c2ccccc2c2ccc(-c4cccc(-c5cccc6c5oc5ccccc56)c4)nc23)cc1.